The van der Waals surface area contributed by atoms with Gasteiger partial charge in [-0.2, -0.15) is 13.2 Å². The lowest BCUT2D eigenvalue weighted by atomic mass is 10.2. The Kier molecular flexibility index (Phi) is 6.44. The second kappa shape index (κ2) is 8.57. The van der Waals surface area contributed by atoms with Gasteiger partial charge < -0.3 is 15.0 Å². The molecule has 2 amide bonds. The number of nitrogens with zero attached hydrogens (tertiary/aromatic N) is 1. The largest absolute Gasteiger partial charge is 0.497 e. The molecule has 0 spiro atoms. The first kappa shape index (κ1) is 20.3. The van der Waals surface area contributed by atoms with Gasteiger partial charge in [-0.15, -0.1) is 0 Å². The third kappa shape index (κ3) is 5.73. The summed E-state index contributed by atoms with van der Waals surface area (Å²) >= 11 is 0. The molecule has 1 N–H and O–H groups in total. The van der Waals surface area contributed by atoms with Crippen LogP contribution >= 0.6 is 0 Å². The van der Waals surface area contributed by atoms with Crippen molar-refractivity contribution in [3.63, 3.8) is 0 Å². The molecule has 0 aliphatic rings. The molecular weight excluding hydrogens is 361 g/mol. The lowest BCUT2D eigenvalue weighted by molar-refractivity contribution is -0.137. The molecule has 5 nitrogen and oxygen atoms in total. The Morgan fingerprint density at radius 3 is 2.33 bits per heavy atom. The first-order valence-electron chi connectivity index (χ1n) is 8.10. The minimum Gasteiger partial charge on any atom is -0.497 e. The SMILES string of the molecule is COc1cccc(NC(=O)CCN(C(C)=O)c2ccc(C(F)(F)F)cc2)c1. The van der Waals surface area contributed by atoms with Crippen LogP contribution in [0.5, 0.6) is 5.75 Å². The van der Waals surface area contributed by atoms with E-state index in [-0.39, 0.29) is 24.8 Å². The third-order valence-corrected chi connectivity index (χ3v) is 3.80. The Balaban J connectivity index is 2.01. The molecule has 0 fully saturated rings. The number of ether oxygens (including phenoxy) is 1. The van der Waals surface area contributed by atoms with Crippen LogP contribution in [0.4, 0.5) is 24.5 Å². The molecular formula is C19H19F3N2O3. The Hall–Kier alpha value is -3.03. The van der Waals surface area contributed by atoms with E-state index in [9.17, 15) is 22.8 Å². The predicted octanol–water partition coefficient (Wildman–Crippen LogP) is 4.10. The molecule has 0 aliphatic heterocycles. The number of hydrogen-bond donors (Lipinski definition) is 1. The molecule has 2 rings (SSSR count). The van der Waals surface area contributed by atoms with Crippen LogP contribution in [0.25, 0.3) is 0 Å². The van der Waals surface area contributed by atoms with Gasteiger partial charge in [-0.25, -0.2) is 0 Å². The molecule has 0 saturated heterocycles. The molecule has 0 radical (unpaired) electrons. The van der Waals surface area contributed by atoms with Crippen molar-refractivity contribution >= 4 is 23.2 Å². The fraction of sp³-hybridized carbons (Fsp3) is 0.263. The summed E-state index contributed by atoms with van der Waals surface area (Å²) in [5, 5.41) is 2.69. The molecule has 0 aromatic heterocycles. The molecule has 0 aliphatic carbocycles. The van der Waals surface area contributed by atoms with Crippen molar-refractivity contribution < 1.29 is 27.5 Å². The summed E-state index contributed by atoms with van der Waals surface area (Å²) in [4.78, 5) is 25.2. The van der Waals surface area contributed by atoms with Gasteiger partial charge in [-0.3, -0.25) is 9.59 Å². The van der Waals surface area contributed by atoms with Crippen LogP contribution in [-0.2, 0) is 15.8 Å². The lowest BCUT2D eigenvalue weighted by Gasteiger charge is -2.21. The maximum absolute atomic E-state index is 12.7. The van der Waals surface area contributed by atoms with Crippen molar-refractivity contribution in [2.24, 2.45) is 0 Å². The summed E-state index contributed by atoms with van der Waals surface area (Å²) in [5.41, 5.74) is 0.0402. The number of anilines is 2. The van der Waals surface area contributed by atoms with E-state index >= 15 is 0 Å². The summed E-state index contributed by atoms with van der Waals surface area (Å²) in [6, 6.07) is 11.0. The number of nitrogens with one attached hydrogen (secondary N) is 1. The summed E-state index contributed by atoms with van der Waals surface area (Å²) in [6.07, 6.45) is -4.46. The van der Waals surface area contributed by atoms with E-state index < -0.39 is 11.7 Å². The van der Waals surface area contributed by atoms with E-state index in [1.165, 1.54) is 31.1 Å². The predicted molar refractivity (Wildman–Crippen MR) is 95.7 cm³/mol. The summed E-state index contributed by atoms with van der Waals surface area (Å²) in [5.74, 6) is -0.117. The second-order valence-electron chi connectivity index (χ2n) is 5.75. The average Bonchev–Trinajstić information content (AvgIpc) is 2.61. The molecule has 0 heterocycles. The first-order chi connectivity index (χ1) is 12.7. The Morgan fingerprint density at radius 2 is 1.78 bits per heavy atom. The van der Waals surface area contributed by atoms with Gasteiger partial charge in [-0.1, -0.05) is 6.07 Å². The van der Waals surface area contributed by atoms with Crippen LogP contribution in [0.1, 0.15) is 18.9 Å². The molecule has 144 valence electrons. The Morgan fingerprint density at radius 1 is 1.11 bits per heavy atom. The smallest absolute Gasteiger partial charge is 0.416 e. The number of benzene rings is 2. The maximum Gasteiger partial charge on any atom is 0.416 e. The number of carbonyl (C=O) groups is 2. The van der Waals surface area contributed by atoms with Crippen LogP contribution in [0.15, 0.2) is 48.5 Å². The van der Waals surface area contributed by atoms with Crippen molar-refractivity contribution in [1.29, 1.82) is 0 Å². The van der Waals surface area contributed by atoms with E-state index in [0.717, 1.165) is 12.1 Å². The van der Waals surface area contributed by atoms with Crippen molar-refractivity contribution in [2.75, 3.05) is 23.9 Å². The van der Waals surface area contributed by atoms with Gasteiger partial charge in [0.2, 0.25) is 11.8 Å². The van der Waals surface area contributed by atoms with Gasteiger partial charge in [0.25, 0.3) is 0 Å². The molecule has 0 unspecified atom stereocenters. The molecule has 0 saturated carbocycles. The van der Waals surface area contributed by atoms with E-state index in [1.54, 1.807) is 24.3 Å². The highest BCUT2D eigenvalue weighted by molar-refractivity contribution is 5.94. The number of rotatable bonds is 6. The lowest BCUT2D eigenvalue weighted by Crippen LogP contribution is -2.32. The molecule has 2 aromatic rings. The second-order valence-corrected chi connectivity index (χ2v) is 5.75. The zero-order valence-electron chi connectivity index (χ0n) is 14.8. The highest BCUT2D eigenvalue weighted by Crippen LogP contribution is 2.30. The molecule has 2 aromatic carbocycles. The van der Waals surface area contributed by atoms with E-state index in [4.69, 9.17) is 4.74 Å². The van der Waals surface area contributed by atoms with Crippen LogP contribution in [0, 0.1) is 0 Å². The van der Waals surface area contributed by atoms with Crippen molar-refractivity contribution in [3.05, 3.63) is 54.1 Å². The van der Waals surface area contributed by atoms with E-state index in [2.05, 4.69) is 5.32 Å². The van der Waals surface area contributed by atoms with E-state index in [1.807, 2.05) is 0 Å². The molecule has 0 bridgehead atoms. The average molecular weight is 380 g/mol. The minimum atomic E-state index is -4.45. The summed E-state index contributed by atoms with van der Waals surface area (Å²) in [6.45, 7) is 1.33. The summed E-state index contributed by atoms with van der Waals surface area (Å²) < 4.78 is 43.0. The third-order valence-electron chi connectivity index (χ3n) is 3.80. The Bertz CT molecular complexity index is 805. The fourth-order valence-corrected chi connectivity index (χ4v) is 2.44. The number of alkyl halides is 3. The van der Waals surface area contributed by atoms with Crippen molar-refractivity contribution in [2.45, 2.75) is 19.5 Å². The Labute approximate surface area is 154 Å². The van der Waals surface area contributed by atoms with Crippen LogP contribution < -0.4 is 15.0 Å². The summed E-state index contributed by atoms with van der Waals surface area (Å²) in [7, 11) is 1.51. The van der Waals surface area contributed by atoms with Gasteiger partial charge in [0.15, 0.2) is 0 Å². The van der Waals surface area contributed by atoms with Crippen LogP contribution in [0.2, 0.25) is 0 Å². The standard InChI is InChI=1S/C19H19F3N2O3/c1-13(25)24(16-8-6-14(7-9-16)19(20,21)22)11-10-18(26)23-15-4-3-5-17(12-15)27-2/h3-9,12H,10-11H2,1-2H3,(H,23,26). The number of hydrogen-bond acceptors (Lipinski definition) is 3. The number of carbonyl (C=O) groups excluding carboxylic acids is 2. The molecule has 27 heavy (non-hydrogen) atoms. The maximum atomic E-state index is 12.7. The highest BCUT2D eigenvalue weighted by Gasteiger charge is 2.30. The first-order valence-corrected chi connectivity index (χ1v) is 8.10. The zero-order chi connectivity index (χ0) is 20.0. The van der Waals surface area contributed by atoms with Gasteiger partial charge in [-0.05, 0) is 36.4 Å². The van der Waals surface area contributed by atoms with Gasteiger partial charge in [0, 0.05) is 37.3 Å². The van der Waals surface area contributed by atoms with Crippen LogP contribution in [-0.4, -0.2) is 25.5 Å². The van der Waals surface area contributed by atoms with Crippen molar-refractivity contribution in [3.8, 4) is 5.75 Å². The molecule has 0 atom stereocenters. The van der Waals surface area contributed by atoms with E-state index in [0.29, 0.717) is 17.1 Å². The van der Waals surface area contributed by atoms with Crippen molar-refractivity contribution in [1.82, 2.24) is 0 Å². The number of amides is 2. The molecule has 8 heteroatoms. The van der Waals surface area contributed by atoms with Gasteiger partial charge in [0.1, 0.15) is 5.75 Å². The minimum absolute atomic E-state index is 0.0161. The quantitative estimate of drug-likeness (QED) is 0.821. The highest BCUT2D eigenvalue weighted by atomic mass is 19.4. The topological polar surface area (TPSA) is 58.6 Å². The van der Waals surface area contributed by atoms with Crippen LogP contribution in [0.3, 0.4) is 0 Å². The normalized spacial score (nSPS) is 11.0. The monoisotopic (exact) mass is 380 g/mol. The zero-order valence-corrected chi connectivity index (χ0v) is 14.8. The number of halogens is 3. The van der Waals surface area contributed by atoms with Gasteiger partial charge in [0.05, 0.1) is 12.7 Å². The van der Waals surface area contributed by atoms with Gasteiger partial charge >= 0.3 is 6.18 Å². The number of methoxy groups -OCH3 is 1. The fourth-order valence-electron chi connectivity index (χ4n) is 2.44.